The average Bonchev–Trinajstić information content (AvgIpc) is 3.14. The van der Waals surface area contributed by atoms with E-state index in [2.05, 4.69) is 10.3 Å². The Morgan fingerprint density at radius 2 is 2.00 bits per heavy atom. The molecule has 0 unspecified atom stereocenters. The zero-order valence-electron chi connectivity index (χ0n) is 12.4. The highest BCUT2D eigenvalue weighted by molar-refractivity contribution is 5.77. The molecular weight excluding hydrogens is 292 g/mol. The van der Waals surface area contributed by atoms with Crippen molar-refractivity contribution in [3.05, 3.63) is 72.6 Å². The van der Waals surface area contributed by atoms with Crippen LogP contribution in [0.25, 0.3) is 11.5 Å². The number of amides is 1. The van der Waals surface area contributed by atoms with E-state index >= 15 is 0 Å². The van der Waals surface area contributed by atoms with Crippen LogP contribution in [0.15, 0.2) is 71.5 Å². The minimum Gasteiger partial charge on any atom is -0.484 e. The van der Waals surface area contributed by atoms with E-state index in [1.807, 2.05) is 54.6 Å². The zero-order chi connectivity index (χ0) is 15.9. The Labute approximate surface area is 133 Å². The molecule has 0 spiro atoms. The third kappa shape index (κ3) is 4.20. The molecule has 0 atom stereocenters. The molecule has 5 nitrogen and oxygen atoms in total. The zero-order valence-corrected chi connectivity index (χ0v) is 12.4. The molecule has 2 aromatic heterocycles. The number of hydrogen-bond donors (Lipinski definition) is 1. The van der Waals surface area contributed by atoms with E-state index in [1.165, 1.54) is 0 Å². The minimum absolute atomic E-state index is 0.0138. The highest BCUT2D eigenvalue weighted by Crippen LogP contribution is 2.17. The first-order valence-electron chi connectivity index (χ1n) is 7.24. The molecule has 0 bridgehead atoms. The first-order valence-corrected chi connectivity index (χ1v) is 7.24. The Hall–Kier alpha value is -3.08. The van der Waals surface area contributed by atoms with Crippen molar-refractivity contribution >= 4 is 5.91 Å². The summed E-state index contributed by atoms with van der Waals surface area (Å²) in [4.78, 5) is 16.1. The van der Waals surface area contributed by atoms with Crippen molar-refractivity contribution in [2.24, 2.45) is 0 Å². The van der Waals surface area contributed by atoms with Crippen molar-refractivity contribution in [3.63, 3.8) is 0 Å². The fourth-order valence-electron chi connectivity index (χ4n) is 2.06. The summed E-state index contributed by atoms with van der Waals surface area (Å²) in [5.41, 5.74) is 1.68. The van der Waals surface area contributed by atoms with E-state index in [0.717, 1.165) is 11.3 Å². The second-order valence-corrected chi connectivity index (χ2v) is 4.91. The Bertz CT molecular complexity index is 755. The van der Waals surface area contributed by atoms with Crippen LogP contribution in [0.4, 0.5) is 0 Å². The van der Waals surface area contributed by atoms with E-state index in [0.29, 0.717) is 18.1 Å². The van der Waals surface area contributed by atoms with Crippen LogP contribution in [0, 0.1) is 0 Å². The van der Waals surface area contributed by atoms with Crippen LogP contribution in [-0.2, 0) is 11.3 Å². The third-order valence-electron chi connectivity index (χ3n) is 3.20. The number of benzene rings is 1. The Morgan fingerprint density at radius 3 is 2.78 bits per heavy atom. The molecular formula is C18H16N2O3. The van der Waals surface area contributed by atoms with Gasteiger partial charge in [0.05, 0.1) is 6.26 Å². The van der Waals surface area contributed by atoms with Crippen LogP contribution < -0.4 is 10.1 Å². The number of furan rings is 1. The number of pyridine rings is 1. The van der Waals surface area contributed by atoms with E-state index in [1.54, 1.807) is 12.5 Å². The number of para-hydroxylation sites is 1. The molecule has 0 saturated heterocycles. The van der Waals surface area contributed by atoms with Crippen LogP contribution in [0.1, 0.15) is 5.56 Å². The lowest BCUT2D eigenvalue weighted by atomic mass is 10.2. The molecule has 0 radical (unpaired) electrons. The van der Waals surface area contributed by atoms with Crippen molar-refractivity contribution in [2.75, 3.05) is 6.61 Å². The minimum atomic E-state index is -0.176. The number of carbonyl (C=O) groups excluding carboxylic acids is 1. The predicted molar refractivity (Wildman–Crippen MR) is 85.7 cm³/mol. The van der Waals surface area contributed by atoms with Gasteiger partial charge in [-0.1, -0.05) is 18.2 Å². The summed E-state index contributed by atoms with van der Waals surface area (Å²) < 4.78 is 10.7. The number of hydrogen-bond acceptors (Lipinski definition) is 4. The summed E-state index contributed by atoms with van der Waals surface area (Å²) in [6.07, 6.45) is 3.30. The topological polar surface area (TPSA) is 64.4 Å². The first kappa shape index (κ1) is 14.8. The van der Waals surface area contributed by atoms with E-state index in [4.69, 9.17) is 9.15 Å². The molecule has 0 fully saturated rings. The van der Waals surface area contributed by atoms with Crippen molar-refractivity contribution in [1.29, 1.82) is 0 Å². The molecule has 1 amide bonds. The maximum atomic E-state index is 11.8. The van der Waals surface area contributed by atoms with E-state index in [9.17, 15) is 4.79 Å². The molecule has 116 valence electrons. The van der Waals surface area contributed by atoms with Gasteiger partial charge in [0.1, 0.15) is 11.4 Å². The number of ether oxygens (including phenoxy) is 1. The molecule has 0 aliphatic carbocycles. The van der Waals surface area contributed by atoms with Gasteiger partial charge in [-0.05, 0) is 42.0 Å². The molecule has 1 aromatic carbocycles. The summed E-state index contributed by atoms with van der Waals surface area (Å²) >= 11 is 0. The summed E-state index contributed by atoms with van der Waals surface area (Å²) in [5.74, 6) is 1.20. The van der Waals surface area contributed by atoms with Gasteiger partial charge in [0.25, 0.3) is 5.91 Å². The summed E-state index contributed by atoms with van der Waals surface area (Å²) in [6.45, 7) is 0.396. The number of rotatable bonds is 6. The van der Waals surface area contributed by atoms with Crippen molar-refractivity contribution < 1.29 is 13.9 Å². The third-order valence-corrected chi connectivity index (χ3v) is 3.20. The molecule has 3 rings (SSSR count). The summed E-state index contributed by atoms with van der Waals surface area (Å²) in [5, 5.41) is 2.82. The van der Waals surface area contributed by atoms with Gasteiger partial charge >= 0.3 is 0 Å². The maximum absolute atomic E-state index is 11.8. The molecule has 0 aliphatic heterocycles. The number of nitrogens with zero attached hydrogens (tertiary/aromatic N) is 1. The molecule has 5 heteroatoms. The summed E-state index contributed by atoms with van der Waals surface area (Å²) in [7, 11) is 0. The maximum Gasteiger partial charge on any atom is 0.258 e. The van der Waals surface area contributed by atoms with Gasteiger partial charge in [-0.25, -0.2) is 0 Å². The standard InChI is InChI=1S/C18H16N2O3/c21-18(13-23-15-5-2-1-3-6-15)20-12-14-8-9-19-16(11-14)17-7-4-10-22-17/h1-11H,12-13H2,(H,20,21). The second-order valence-electron chi connectivity index (χ2n) is 4.91. The SMILES string of the molecule is O=C(COc1ccccc1)NCc1ccnc(-c2ccco2)c1. The first-order chi connectivity index (χ1) is 11.3. The highest BCUT2D eigenvalue weighted by Gasteiger charge is 2.06. The van der Waals surface area contributed by atoms with Crippen LogP contribution >= 0.6 is 0 Å². The van der Waals surface area contributed by atoms with Crippen LogP contribution in [0.3, 0.4) is 0 Å². The molecule has 0 aliphatic rings. The lowest BCUT2D eigenvalue weighted by molar-refractivity contribution is -0.123. The average molecular weight is 308 g/mol. The Kier molecular flexibility index (Phi) is 4.69. The largest absolute Gasteiger partial charge is 0.484 e. The molecule has 0 saturated carbocycles. The molecule has 23 heavy (non-hydrogen) atoms. The van der Waals surface area contributed by atoms with Crippen LogP contribution in [0.2, 0.25) is 0 Å². The lowest BCUT2D eigenvalue weighted by Crippen LogP contribution is -2.28. The van der Waals surface area contributed by atoms with Crippen molar-refractivity contribution in [3.8, 4) is 17.2 Å². The molecule has 1 N–H and O–H groups in total. The number of nitrogens with one attached hydrogen (secondary N) is 1. The van der Waals surface area contributed by atoms with Crippen LogP contribution in [-0.4, -0.2) is 17.5 Å². The normalized spacial score (nSPS) is 10.3. The number of carbonyl (C=O) groups is 1. The lowest BCUT2D eigenvalue weighted by Gasteiger charge is -2.08. The van der Waals surface area contributed by atoms with Crippen molar-refractivity contribution in [1.82, 2.24) is 10.3 Å². The molecule has 3 aromatic rings. The summed E-state index contributed by atoms with van der Waals surface area (Å²) in [6, 6.07) is 16.6. The van der Waals surface area contributed by atoms with E-state index in [-0.39, 0.29) is 12.5 Å². The van der Waals surface area contributed by atoms with E-state index < -0.39 is 0 Å². The smallest absolute Gasteiger partial charge is 0.258 e. The van der Waals surface area contributed by atoms with Gasteiger partial charge < -0.3 is 14.5 Å². The fourth-order valence-corrected chi connectivity index (χ4v) is 2.06. The predicted octanol–water partition coefficient (Wildman–Crippen LogP) is 3.04. The Morgan fingerprint density at radius 1 is 1.13 bits per heavy atom. The highest BCUT2D eigenvalue weighted by atomic mass is 16.5. The fraction of sp³-hybridized carbons (Fsp3) is 0.111. The van der Waals surface area contributed by atoms with Gasteiger partial charge in [0.15, 0.2) is 12.4 Å². The van der Waals surface area contributed by atoms with Gasteiger partial charge in [-0.2, -0.15) is 0 Å². The quantitative estimate of drug-likeness (QED) is 0.760. The van der Waals surface area contributed by atoms with Gasteiger partial charge in [0.2, 0.25) is 0 Å². The van der Waals surface area contributed by atoms with Gasteiger partial charge in [-0.3, -0.25) is 9.78 Å². The molecule has 2 heterocycles. The van der Waals surface area contributed by atoms with Gasteiger partial charge in [-0.15, -0.1) is 0 Å². The van der Waals surface area contributed by atoms with Crippen LogP contribution in [0.5, 0.6) is 5.75 Å². The number of aromatic nitrogens is 1. The Balaban J connectivity index is 1.52. The monoisotopic (exact) mass is 308 g/mol. The second kappa shape index (κ2) is 7.26. The van der Waals surface area contributed by atoms with Gasteiger partial charge in [0, 0.05) is 12.7 Å². The van der Waals surface area contributed by atoms with Crippen molar-refractivity contribution in [2.45, 2.75) is 6.54 Å².